The lowest BCUT2D eigenvalue weighted by Crippen LogP contribution is -2.31. The van der Waals surface area contributed by atoms with Gasteiger partial charge in [0.15, 0.2) is 5.52 Å². The minimum absolute atomic E-state index is 0. The maximum atomic E-state index is 13.1. The molecular weight excluding hydrogens is 516 g/mol. The van der Waals surface area contributed by atoms with Crippen LogP contribution in [0.4, 0.5) is 0 Å². The molecule has 0 saturated carbocycles. The van der Waals surface area contributed by atoms with Crippen molar-refractivity contribution in [3.05, 3.63) is 34.2 Å². The summed E-state index contributed by atoms with van der Waals surface area (Å²) in [6.07, 6.45) is 5.30. The van der Waals surface area contributed by atoms with Crippen molar-refractivity contribution in [2.24, 2.45) is 7.05 Å². The number of H-pyrrole nitrogens is 1. The molecule has 0 radical (unpaired) electrons. The van der Waals surface area contributed by atoms with E-state index in [0.717, 1.165) is 44.3 Å². The van der Waals surface area contributed by atoms with E-state index in [4.69, 9.17) is 9.72 Å². The molecule has 3 aromatic rings. The summed E-state index contributed by atoms with van der Waals surface area (Å²) in [5.41, 5.74) is 1.74. The minimum atomic E-state index is -3.76. The number of hydrogen-bond acceptors (Lipinski definition) is 7. The topological polar surface area (TPSA) is 122 Å². The number of aromatic nitrogens is 4. The quantitative estimate of drug-likeness (QED) is 0.374. The van der Waals surface area contributed by atoms with E-state index < -0.39 is 10.0 Å². The average molecular weight is 553 g/mol. The van der Waals surface area contributed by atoms with Gasteiger partial charge in [-0.25, -0.2) is 18.1 Å². The fourth-order valence-corrected chi connectivity index (χ4v) is 5.84. The van der Waals surface area contributed by atoms with Gasteiger partial charge in [-0.1, -0.05) is 20.3 Å². The molecule has 10 nitrogen and oxygen atoms in total. The zero-order chi connectivity index (χ0) is 25.9. The molecule has 2 N–H and O–H groups in total. The summed E-state index contributed by atoms with van der Waals surface area (Å²) in [5.74, 6) is 0.723. The molecule has 1 saturated heterocycles. The number of nitrogens with one attached hydrogen (secondary N) is 2. The molecule has 3 heterocycles. The summed E-state index contributed by atoms with van der Waals surface area (Å²) in [6.45, 7) is 5.89. The van der Waals surface area contributed by atoms with Crippen LogP contribution < -0.4 is 15.0 Å². The Bertz CT molecular complexity index is 1390. The highest BCUT2D eigenvalue weighted by molar-refractivity contribution is 7.89. The average Bonchev–Trinajstić information content (AvgIpc) is 3.40. The number of fused-ring (bicyclic) bond motifs is 1. The highest BCUT2D eigenvalue weighted by Crippen LogP contribution is 2.31. The van der Waals surface area contributed by atoms with E-state index in [1.807, 2.05) is 13.8 Å². The van der Waals surface area contributed by atoms with Crippen LogP contribution in [0.5, 0.6) is 5.75 Å². The molecule has 204 valence electrons. The smallest absolute Gasteiger partial charge is 0.277 e. The van der Waals surface area contributed by atoms with E-state index in [0.29, 0.717) is 48.0 Å². The third kappa shape index (κ3) is 6.34. The largest absolute Gasteiger partial charge is 0.493 e. The number of rotatable bonds is 11. The van der Waals surface area contributed by atoms with Gasteiger partial charge in [0, 0.05) is 19.6 Å². The molecule has 0 amide bonds. The van der Waals surface area contributed by atoms with Crippen LogP contribution >= 0.6 is 12.4 Å². The van der Waals surface area contributed by atoms with Gasteiger partial charge in [0.2, 0.25) is 10.0 Å². The first-order valence-corrected chi connectivity index (χ1v) is 14.2. The molecule has 1 fully saturated rings. The Balaban J connectivity index is 0.00000380. The normalized spacial score (nSPS) is 16.3. The van der Waals surface area contributed by atoms with Crippen LogP contribution in [0.25, 0.3) is 22.4 Å². The fourth-order valence-electron chi connectivity index (χ4n) is 4.77. The molecule has 1 aliphatic rings. The van der Waals surface area contributed by atoms with Crippen molar-refractivity contribution in [1.82, 2.24) is 29.4 Å². The lowest BCUT2D eigenvalue weighted by molar-refractivity contribution is 0.297. The maximum absolute atomic E-state index is 13.1. The van der Waals surface area contributed by atoms with Crippen molar-refractivity contribution in [3.8, 4) is 17.1 Å². The Morgan fingerprint density at radius 3 is 2.68 bits per heavy atom. The number of benzene rings is 1. The Morgan fingerprint density at radius 1 is 1.22 bits per heavy atom. The molecule has 2 aromatic heterocycles. The Labute approximate surface area is 224 Å². The van der Waals surface area contributed by atoms with Crippen LogP contribution in [0, 0.1) is 0 Å². The molecule has 1 atom stereocenters. The maximum Gasteiger partial charge on any atom is 0.277 e. The second-order valence-electron chi connectivity index (χ2n) is 9.40. The highest BCUT2D eigenvalue weighted by atomic mass is 35.5. The first-order chi connectivity index (χ1) is 17.2. The summed E-state index contributed by atoms with van der Waals surface area (Å²) in [7, 11) is 0.0311. The van der Waals surface area contributed by atoms with Crippen molar-refractivity contribution < 1.29 is 13.2 Å². The lowest BCUT2D eigenvalue weighted by atomic mass is 10.1. The van der Waals surface area contributed by atoms with Crippen molar-refractivity contribution in [2.45, 2.75) is 63.3 Å². The van der Waals surface area contributed by atoms with E-state index in [2.05, 4.69) is 26.8 Å². The Hall–Kier alpha value is -2.47. The van der Waals surface area contributed by atoms with Crippen molar-refractivity contribution >= 4 is 33.5 Å². The number of likely N-dealkylation sites (tertiary alicyclic amines) is 1. The Kier molecular flexibility index (Phi) is 9.74. The van der Waals surface area contributed by atoms with Gasteiger partial charge in [0.05, 0.1) is 22.8 Å². The van der Waals surface area contributed by atoms with Crippen LogP contribution in [-0.4, -0.2) is 65.9 Å². The molecular formula is C25H37ClN6O4S. The molecule has 0 spiro atoms. The Morgan fingerprint density at radius 2 is 2.00 bits per heavy atom. The van der Waals surface area contributed by atoms with Crippen molar-refractivity contribution in [2.75, 3.05) is 26.7 Å². The first kappa shape index (κ1) is 29.1. The second kappa shape index (κ2) is 12.4. The van der Waals surface area contributed by atoms with Gasteiger partial charge >= 0.3 is 0 Å². The lowest BCUT2D eigenvalue weighted by Gasteiger charge is -2.19. The van der Waals surface area contributed by atoms with E-state index in [1.165, 1.54) is 16.8 Å². The van der Waals surface area contributed by atoms with Crippen LogP contribution in [0.1, 0.15) is 51.6 Å². The van der Waals surface area contributed by atoms with Crippen LogP contribution in [0.2, 0.25) is 0 Å². The molecule has 12 heteroatoms. The van der Waals surface area contributed by atoms with Crippen LogP contribution in [-0.2, 0) is 23.5 Å². The van der Waals surface area contributed by atoms with Gasteiger partial charge in [-0.2, -0.15) is 5.10 Å². The standard InChI is InChI=1S/C25H36N6O4S.ClH/c1-5-8-20-22-23(31(4)29-20)25(32)28-24(27-22)19-16-18(10-11-21(19)35-15-6-2)36(33,34)26-13-12-17-9-7-14-30(17)3;/h10-11,16-17,26H,5-9,12-15H2,1-4H3,(H,27,28,32);1H. The van der Waals surface area contributed by atoms with Gasteiger partial charge in [-0.3, -0.25) is 9.48 Å². The summed E-state index contributed by atoms with van der Waals surface area (Å²) in [6, 6.07) is 5.08. The number of aromatic amines is 1. The summed E-state index contributed by atoms with van der Waals surface area (Å²) < 4.78 is 36.5. The first-order valence-electron chi connectivity index (χ1n) is 12.7. The third-order valence-corrected chi connectivity index (χ3v) is 8.13. The monoisotopic (exact) mass is 552 g/mol. The van der Waals surface area contributed by atoms with E-state index in [1.54, 1.807) is 13.1 Å². The van der Waals surface area contributed by atoms with Gasteiger partial charge in [-0.15, -0.1) is 12.4 Å². The number of ether oxygens (including phenoxy) is 1. The number of hydrogen-bond donors (Lipinski definition) is 2. The number of sulfonamides is 1. The molecule has 37 heavy (non-hydrogen) atoms. The fraction of sp³-hybridized carbons (Fsp3) is 0.560. The highest BCUT2D eigenvalue weighted by Gasteiger charge is 2.23. The van der Waals surface area contributed by atoms with Gasteiger partial charge in [0.1, 0.15) is 17.1 Å². The third-order valence-electron chi connectivity index (χ3n) is 6.67. The van der Waals surface area contributed by atoms with Crippen molar-refractivity contribution in [1.29, 1.82) is 0 Å². The molecule has 1 unspecified atom stereocenters. The molecule has 4 rings (SSSR count). The number of halogens is 1. The van der Waals surface area contributed by atoms with Crippen molar-refractivity contribution in [3.63, 3.8) is 0 Å². The molecule has 1 aromatic carbocycles. The van der Waals surface area contributed by atoms with Gasteiger partial charge in [0.25, 0.3) is 5.56 Å². The predicted octanol–water partition coefficient (Wildman–Crippen LogP) is 3.25. The minimum Gasteiger partial charge on any atom is -0.493 e. The molecule has 0 aliphatic carbocycles. The van der Waals surface area contributed by atoms with Gasteiger partial charge < -0.3 is 14.6 Å². The zero-order valence-corrected chi connectivity index (χ0v) is 23.5. The summed E-state index contributed by atoms with van der Waals surface area (Å²) >= 11 is 0. The summed E-state index contributed by atoms with van der Waals surface area (Å²) in [4.78, 5) is 22.9. The van der Waals surface area contributed by atoms with Gasteiger partial charge in [-0.05, 0) is 63.9 Å². The summed E-state index contributed by atoms with van der Waals surface area (Å²) in [5, 5.41) is 4.47. The molecule has 1 aliphatic heterocycles. The SMILES string of the molecule is CCCOc1ccc(S(=O)(=O)NCCC2CCCN2C)cc1-c1nc2c(CCC)nn(C)c2c(=O)[nH]1.Cl. The predicted molar refractivity (Wildman–Crippen MR) is 147 cm³/mol. The molecule has 0 bridgehead atoms. The van der Waals surface area contributed by atoms with E-state index >= 15 is 0 Å². The van der Waals surface area contributed by atoms with Crippen LogP contribution in [0.15, 0.2) is 27.9 Å². The van der Waals surface area contributed by atoms with E-state index in [-0.39, 0.29) is 28.7 Å². The zero-order valence-electron chi connectivity index (χ0n) is 21.9. The number of aryl methyl sites for hydroxylation is 2. The number of nitrogens with zero attached hydrogens (tertiary/aromatic N) is 4. The second-order valence-corrected chi connectivity index (χ2v) is 11.2. The van der Waals surface area contributed by atoms with Crippen LogP contribution in [0.3, 0.4) is 0 Å². The van der Waals surface area contributed by atoms with E-state index in [9.17, 15) is 13.2 Å².